The van der Waals surface area contributed by atoms with Crippen molar-refractivity contribution in [1.82, 2.24) is 4.98 Å². The summed E-state index contributed by atoms with van der Waals surface area (Å²) in [5, 5.41) is 9.14. The molecule has 0 bridgehead atoms. The monoisotopic (exact) mass is 218 g/mol. The lowest BCUT2D eigenvalue weighted by Gasteiger charge is -2.19. The quantitative estimate of drug-likeness (QED) is 0.780. The Morgan fingerprint density at radius 1 is 1.62 bits per heavy atom. The summed E-state index contributed by atoms with van der Waals surface area (Å²) in [5.74, 6) is 1.90. The molecular weight excluding hydrogens is 204 g/mol. The van der Waals surface area contributed by atoms with Gasteiger partial charge in [-0.05, 0) is 25.5 Å². The van der Waals surface area contributed by atoms with E-state index < -0.39 is 5.97 Å². The molecule has 0 amide bonds. The van der Waals surface area contributed by atoms with Gasteiger partial charge in [0.15, 0.2) is 0 Å². The van der Waals surface area contributed by atoms with Gasteiger partial charge in [0.05, 0.1) is 6.54 Å². The molecule has 0 atom stereocenters. The second-order valence-corrected chi connectivity index (χ2v) is 3.64. The van der Waals surface area contributed by atoms with Gasteiger partial charge in [0, 0.05) is 12.7 Å². The fourth-order valence-electron chi connectivity index (χ4n) is 1.57. The van der Waals surface area contributed by atoms with Crippen LogP contribution in [0, 0.1) is 26.2 Å². The van der Waals surface area contributed by atoms with Crippen LogP contribution in [-0.4, -0.2) is 29.7 Å². The predicted molar refractivity (Wildman–Crippen MR) is 62.8 cm³/mol. The Morgan fingerprint density at radius 3 is 2.75 bits per heavy atom. The van der Waals surface area contributed by atoms with Gasteiger partial charge in [0.1, 0.15) is 11.4 Å². The van der Waals surface area contributed by atoms with Crippen LogP contribution in [0.25, 0.3) is 0 Å². The van der Waals surface area contributed by atoms with Gasteiger partial charge in [-0.15, -0.1) is 6.42 Å². The van der Waals surface area contributed by atoms with E-state index in [1.807, 2.05) is 6.92 Å². The minimum absolute atomic E-state index is 0.211. The number of nitrogens with zero attached hydrogens (tertiary/aromatic N) is 2. The van der Waals surface area contributed by atoms with E-state index in [4.69, 9.17) is 11.5 Å². The first-order valence-electron chi connectivity index (χ1n) is 4.83. The number of carbonyl (C=O) groups is 1. The third kappa shape index (κ3) is 2.31. The van der Waals surface area contributed by atoms with Gasteiger partial charge < -0.3 is 10.0 Å². The van der Waals surface area contributed by atoms with Gasteiger partial charge >= 0.3 is 5.97 Å². The Hall–Kier alpha value is -2.02. The van der Waals surface area contributed by atoms with E-state index in [2.05, 4.69) is 10.9 Å². The molecule has 0 saturated heterocycles. The van der Waals surface area contributed by atoms with Crippen LogP contribution in [0.5, 0.6) is 0 Å². The number of pyridine rings is 1. The maximum atomic E-state index is 11.1. The molecule has 0 aliphatic heterocycles. The minimum atomic E-state index is -0.983. The normalized spacial score (nSPS) is 9.62. The smallest absolute Gasteiger partial charge is 0.339 e. The van der Waals surface area contributed by atoms with Crippen LogP contribution >= 0.6 is 0 Å². The van der Waals surface area contributed by atoms with Gasteiger partial charge in [0.2, 0.25) is 0 Å². The SMILES string of the molecule is C#CCN(C)c1nc(C)cc(C)c1C(=O)O. The number of aromatic nitrogens is 1. The Morgan fingerprint density at radius 2 is 2.25 bits per heavy atom. The van der Waals surface area contributed by atoms with Crippen molar-refractivity contribution in [2.45, 2.75) is 13.8 Å². The summed E-state index contributed by atoms with van der Waals surface area (Å²) in [5.41, 5.74) is 1.68. The third-order valence-corrected chi connectivity index (χ3v) is 2.23. The summed E-state index contributed by atoms with van der Waals surface area (Å²) in [6.07, 6.45) is 5.20. The van der Waals surface area contributed by atoms with E-state index in [9.17, 15) is 4.79 Å². The molecule has 1 aromatic heterocycles. The zero-order chi connectivity index (χ0) is 12.3. The van der Waals surface area contributed by atoms with Crippen molar-refractivity contribution >= 4 is 11.8 Å². The highest BCUT2D eigenvalue weighted by atomic mass is 16.4. The first-order valence-corrected chi connectivity index (χ1v) is 4.83. The average molecular weight is 218 g/mol. The van der Waals surface area contributed by atoms with Crippen molar-refractivity contribution in [3.8, 4) is 12.3 Å². The molecule has 16 heavy (non-hydrogen) atoms. The lowest BCUT2D eigenvalue weighted by Crippen LogP contribution is -2.22. The number of terminal acetylenes is 1. The van der Waals surface area contributed by atoms with Gasteiger partial charge in [-0.3, -0.25) is 0 Å². The van der Waals surface area contributed by atoms with Crippen LogP contribution in [0.4, 0.5) is 5.82 Å². The molecule has 0 unspecified atom stereocenters. The molecule has 0 saturated carbocycles. The summed E-state index contributed by atoms with van der Waals surface area (Å²) < 4.78 is 0. The fraction of sp³-hybridized carbons (Fsp3) is 0.333. The van der Waals surface area contributed by atoms with E-state index in [0.29, 0.717) is 17.9 Å². The van der Waals surface area contributed by atoms with E-state index in [0.717, 1.165) is 5.69 Å². The number of carboxylic acids is 1. The number of carboxylic acid groups (broad SMARTS) is 1. The van der Waals surface area contributed by atoms with E-state index >= 15 is 0 Å². The van der Waals surface area contributed by atoms with Crippen molar-refractivity contribution in [3.63, 3.8) is 0 Å². The van der Waals surface area contributed by atoms with Gasteiger partial charge in [0.25, 0.3) is 0 Å². The van der Waals surface area contributed by atoms with Crippen molar-refractivity contribution in [2.75, 3.05) is 18.5 Å². The molecule has 1 rings (SSSR count). The molecule has 4 nitrogen and oxygen atoms in total. The van der Waals surface area contributed by atoms with Crippen molar-refractivity contribution in [1.29, 1.82) is 0 Å². The van der Waals surface area contributed by atoms with Crippen molar-refractivity contribution in [2.24, 2.45) is 0 Å². The Kier molecular flexibility index (Phi) is 3.51. The molecule has 1 heterocycles. The second kappa shape index (κ2) is 4.67. The summed E-state index contributed by atoms with van der Waals surface area (Å²) in [6, 6.07) is 1.75. The van der Waals surface area contributed by atoms with Crippen molar-refractivity contribution in [3.05, 3.63) is 22.9 Å². The maximum absolute atomic E-state index is 11.1. The van der Waals surface area contributed by atoms with Gasteiger partial charge in [-0.2, -0.15) is 0 Å². The highest BCUT2D eigenvalue weighted by Gasteiger charge is 2.18. The number of anilines is 1. The first kappa shape index (κ1) is 12.1. The highest BCUT2D eigenvalue weighted by Crippen LogP contribution is 2.21. The molecular formula is C12H14N2O2. The summed E-state index contributed by atoms with van der Waals surface area (Å²) >= 11 is 0. The van der Waals surface area contributed by atoms with E-state index in [-0.39, 0.29) is 5.56 Å². The summed E-state index contributed by atoms with van der Waals surface area (Å²) in [7, 11) is 1.73. The van der Waals surface area contributed by atoms with Gasteiger partial charge in [-0.1, -0.05) is 5.92 Å². The van der Waals surface area contributed by atoms with Gasteiger partial charge in [-0.25, -0.2) is 9.78 Å². The zero-order valence-corrected chi connectivity index (χ0v) is 9.61. The molecule has 0 aliphatic rings. The first-order chi connectivity index (χ1) is 7.47. The summed E-state index contributed by atoms with van der Waals surface area (Å²) in [6.45, 7) is 3.91. The number of rotatable bonds is 3. The molecule has 0 radical (unpaired) electrons. The average Bonchev–Trinajstić information content (AvgIpc) is 2.15. The fourth-order valence-corrected chi connectivity index (χ4v) is 1.57. The van der Waals surface area contributed by atoms with Crippen LogP contribution in [0.2, 0.25) is 0 Å². The van der Waals surface area contributed by atoms with Crippen LogP contribution in [0.3, 0.4) is 0 Å². The molecule has 0 aliphatic carbocycles. The maximum Gasteiger partial charge on any atom is 0.339 e. The standard InChI is InChI=1S/C12H14N2O2/c1-5-6-14(4)11-10(12(15)16)8(2)7-9(3)13-11/h1,7H,6H2,2-4H3,(H,15,16). The Bertz CT molecular complexity index is 461. The van der Waals surface area contributed by atoms with Crippen LogP contribution in [-0.2, 0) is 0 Å². The van der Waals surface area contributed by atoms with Crippen LogP contribution in [0.1, 0.15) is 21.6 Å². The molecule has 0 spiro atoms. The summed E-state index contributed by atoms with van der Waals surface area (Å²) in [4.78, 5) is 17.0. The molecule has 0 fully saturated rings. The largest absolute Gasteiger partial charge is 0.478 e. The highest BCUT2D eigenvalue weighted by molar-refractivity contribution is 5.95. The minimum Gasteiger partial charge on any atom is -0.478 e. The molecule has 1 N–H and O–H groups in total. The van der Waals surface area contributed by atoms with E-state index in [1.165, 1.54) is 0 Å². The molecule has 1 aromatic rings. The number of aromatic carboxylic acids is 1. The van der Waals surface area contributed by atoms with Crippen LogP contribution in [0.15, 0.2) is 6.07 Å². The number of aryl methyl sites for hydroxylation is 2. The molecule has 4 heteroatoms. The molecule has 0 aromatic carbocycles. The lowest BCUT2D eigenvalue weighted by atomic mass is 10.1. The topological polar surface area (TPSA) is 53.4 Å². The Labute approximate surface area is 94.9 Å². The number of hydrogen-bond donors (Lipinski definition) is 1. The second-order valence-electron chi connectivity index (χ2n) is 3.64. The zero-order valence-electron chi connectivity index (χ0n) is 9.61. The lowest BCUT2D eigenvalue weighted by molar-refractivity contribution is 0.0696. The van der Waals surface area contributed by atoms with E-state index in [1.54, 1.807) is 24.9 Å². The third-order valence-electron chi connectivity index (χ3n) is 2.23. The van der Waals surface area contributed by atoms with Crippen molar-refractivity contribution < 1.29 is 9.90 Å². The number of hydrogen-bond acceptors (Lipinski definition) is 3. The van der Waals surface area contributed by atoms with Crippen LogP contribution < -0.4 is 4.90 Å². The predicted octanol–water partition coefficient (Wildman–Crippen LogP) is 1.47. The molecule has 84 valence electrons. The Balaban J connectivity index is 3.36.